The highest BCUT2D eigenvalue weighted by Crippen LogP contribution is 2.12. The quantitative estimate of drug-likeness (QED) is 0.782. The number of hydrogen-bond donors (Lipinski definition) is 1. The van der Waals surface area contributed by atoms with Crippen LogP contribution in [0.3, 0.4) is 0 Å². The molecule has 0 fully saturated rings. The molecule has 4 heteroatoms. The summed E-state index contributed by atoms with van der Waals surface area (Å²) in [6.07, 6.45) is 0. The molecule has 0 saturated heterocycles. The summed E-state index contributed by atoms with van der Waals surface area (Å²) in [5.74, 6) is -0.507. The highest BCUT2D eigenvalue weighted by Gasteiger charge is 2.13. The molecule has 1 atom stereocenters. The van der Waals surface area contributed by atoms with Crippen LogP contribution in [-0.2, 0) is 14.3 Å². The average molecular weight is 221 g/mol. The fraction of sp³-hybridized carbons (Fsp3) is 0.333. The van der Waals surface area contributed by atoms with Crippen LogP contribution in [0.15, 0.2) is 30.3 Å². The molecule has 0 heterocycles. The largest absolute Gasteiger partial charge is 0.463 e. The topological polar surface area (TPSA) is 55.4 Å². The van der Waals surface area contributed by atoms with Gasteiger partial charge in [-0.05, 0) is 5.56 Å². The summed E-state index contributed by atoms with van der Waals surface area (Å²) in [5.41, 5.74) is 0.916. The third kappa shape index (κ3) is 4.13. The minimum Gasteiger partial charge on any atom is -0.463 e. The first-order chi connectivity index (χ1) is 7.59. The zero-order chi connectivity index (χ0) is 12.0. The lowest BCUT2D eigenvalue weighted by atomic mass is 10.1. The van der Waals surface area contributed by atoms with Gasteiger partial charge in [0.25, 0.3) is 0 Å². The van der Waals surface area contributed by atoms with Crippen LogP contribution in [-0.4, -0.2) is 18.5 Å². The number of amides is 1. The van der Waals surface area contributed by atoms with Gasteiger partial charge in [-0.2, -0.15) is 0 Å². The Morgan fingerprint density at radius 2 is 1.88 bits per heavy atom. The Balaban J connectivity index is 2.71. The predicted molar refractivity (Wildman–Crippen MR) is 59.6 cm³/mol. The Morgan fingerprint density at radius 1 is 1.25 bits per heavy atom. The van der Waals surface area contributed by atoms with E-state index in [1.54, 1.807) is 0 Å². The summed E-state index contributed by atoms with van der Waals surface area (Å²) in [4.78, 5) is 21.8. The molecule has 86 valence electrons. The Bertz CT molecular complexity index is 362. The van der Waals surface area contributed by atoms with Crippen molar-refractivity contribution in [1.82, 2.24) is 5.32 Å². The van der Waals surface area contributed by atoms with E-state index in [1.165, 1.54) is 13.8 Å². The molecule has 0 unspecified atom stereocenters. The molecule has 0 aliphatic carbocycles. The summed E-state index contributed by atoms with van der Waals surface area (Å²) in [7, 11) is 0. The molecule has 1 rings (SSSR count). The van der Waals surface area contributed by atoms with E-state index in [0.717, 1.165) is 5.56 Å². The van der Waals surface area contributed by atoms with E-state index in [9.17, 15) is 9.59 Å². The maximum absolute atomic E-state index is 11.0. The minimum absolute atomic E-state index is 0.152. The third-order valence-corrected chi connectivity index (χ3v) is 2.03. The van der Waals surface area contributed by atoms with Crippen molar-refractivity contribution in [2.24, 2.45) is 0 Å². The Hall–Kier alpha value is -1.84. The van der Waals surface area contributed by atoms with Gasteiger partial charge in [-0.1, -0.05) is 30.3 Å². The summed E-state index contributed by atoms with van der Waals surface area (Å²) < 4.78 is 4.91. The molecular formula is C12H15NO3. The van der Waals surface area contributed by atoms with Crippen LogP contribution in [0, 0.1) is 0 Å². The SMILES string of the molecule is CC(=O)N[C@@H](COC(C)=O)c1ccccc1. The average Bonchev–Trinajstić information content (AvgIpc) is 2.25. The van der Waals surface area contributed by atoms with Crippen LogP contribution >= 0.6 is 0 Å². The third-order valence-electron chi connectivity index (χ3n) is 2.03. The summed E-state index contributed by atoms with van der Waals surface area (Å²) in [6.45, 7) is 2.93. The van der Waals surface area contributed by atoms with Crippen molar-refractivity contribution < 1.29 is 14.3 Å². The molecule has 0 radical (unpaired) electrons. The van der Waals surface area contributed by atoms with Gasteiger partial charge in [-0.25, -0.2) is 0 Å². The monoisotopic (exact) mass is 221 g/mol. The molecular weight excluding hydrogens is 206 g/mol. The first-order valence-electron chi connectivity index (χ1n) is 5.05. The first kappa shape index (κ1) is 12.2. The number of esters is 1. The zero-order valence-corrected chi connectivity index (χ0v) is 9.40. The number of rotatable bonds is 4. The van der Waals surface area contributed by atoms with E-state index in [4.69, 9.17) is 4.74 Å². The van der Waals surface area contributed by atoms with Crippen LogP contribution in [0.5, 0.6) is 0 Å². The van der Waals surface area contributed by atoms with Crippen molar-refractivity contribution in [2.45, 2.75) is 19.9 Å². The second-order valence-corrected chi connectivity index (χ2v) is 3.47. The van der Waals surface area contributed by atoms with Crippen LogP contribution in [0.2, 0.25) is 0 Å². The number of nitrogens with one attached hydrogen (secondary N) is 1. The molecule has 1 aromatic carbocycles. The van der Waals surface area contributed by atoms with Crippen LogP contribution in [0.1, 0.15) is 25.5 Å². The lowest BCUT2D eigenvalue weighted by molar-refractivity contribution is -0.142. The van der Waals surface area contributed by atoms with E-state index in [1.807, 2.05) is 30.3 Å². The van der Waals surface area contributed by atoms with Crippen LogP contribution < -0.4 is 5.32 Å². The molecule has 0 saturated carbocycles. The van der Waals surface area contributed by atoms with Gasteiger partial charge in [0.15, 0.2) is 0 Å². The zero-order valence-electron chi connectivity index (χ0n) is 9.40. The van der Waals surface area contributed by atoms with Gasteiger partial charge in [0, 0.05) is 13.8 Å². The van der Waals surface area contributed by atoms with Crippen molar-refractivity contribution in [2.75, 3.05) is 6.61 Å². The van der Waals surface area contributed by atoms with Gasteiger partial charge in [-0.15, -0.1) is 0 Å². The Morgan fingerprint density at radius 3 is 2.38 bits per heavy atom. The van der Waals surface area contributed by atoms with Gasteiger partial charge >= 0.3 is 5.97 Å². The Labute approximate surface area is 94.6 Å². The second-order valence-electron chi connectivity index (χ2n) is 3.47. The highest BCUT2D eigenvalue weighted by molar-refractivity contribution is 5.73. The van der Waals surface area contributed by atoms with Crippen molar-refractivity contribution in [3.8, 4) is 0 Å². The number of hydrogen-bond acceptors (Lipinski definition) is 3. The van der Waals surface area contributed by atoms with E-state index < -0.39 is 0 Å². The van der Waals surface area contributed by atoms with Crippen molar-refractivity contribution in [1.29, 1.82) is 0 Å². The molecule has 4 nitrogen and oxygen atoms in total. The van der Waals surface area contributed by atoms with E-state index in [0.29, 0.717) is 0 Å². The molecule has 1 N–H and O–H groups in total. The van der Waals surface area contributed by atoms with Gasteiger partial charge in [0.1, 0.15) is 6.61 Å². The molecule has 1 amide bonds. The molecule has 0 aliphatic heterocycles. The summed E-state index contributed by atoms with van der Waals surface area (Å²) in [6, 6.07) is 9.10. The lowest BCUT2D eigenvalue weighted by Crippen LogP contribution is -2.30. The van der Waals surface area contributed by atoms with Crippen molar-refractivity contribution in [3.05, 3.63) is 35.9 Å². The fourth-order valence-electron chi connectivity index (χ4n) is 1.35. The predicted octanol–water partition coefficient (Wildman–Crippen LogP) is 1.43. The molecule has 0 bridgehead atoms. The highest BCUT2D eigenvalue weighted by atomic mass is 16.5. The Kier molecular flexibility index (Phi) is 4.51. The van der Waals surface area contributed by atoms with Crippen LogP contribution in [0.4, 0.5) is 0 Å². The maximum Gasteiger partial charge on any atom is 0.302 e. The van der Waals surface area contributed by atoms with Gasteiger partial charge in [-0.3, -0.25) is 9.59 Å². The first-order valence-corrected chi connectivity index (χ1v) is 5.05. The fourth-order valence-corrected chi connectivity index (χ4v) is 1.35. The number of ether oxygens (including phenoxy) is 1. The number of carbonyl (C=O) groups is 2. The van der Waals surface area contributed by atoms with Gasteiger partial charge in [0.2, 0.25) is 5.91 Å². The summed E-state index contributed by atoms with van der Waals surface area (Å²) >= 11 is 0. The van der Waals surface area contributed by atoms with E-state index >= 15 is 0 Å². The van der Waals surface area contributed by atoms with E-state index in [-0.39, 0.29) is 24.5 Å². The lowest BCUT2D eigenvalue weighted by Gasteiger charge is -2.17. The number of carbonyl (C=O) groups excluding carboxylic acids is 2. The number of benzene rings is 1. The standard InChI is InChI=1S/C12H15NO3/c1-9(14)13-12(8-16-10(2)15)11-6-4-3-5-7-11/h3-7,12H,8H2,1-2H3,(H,13,14)/t12-/m0/s1. The maximum atomic E-state index is 11.0. The van der Waals surface area contributed by atoms with Gasteiger partial charge < -0.3 is 10.1 Å². The van der Waals surface area contributed by atoms with E-state index in [2.05, 4.69) is 5.32 Å². The molecule has 1 aromatic rings. The normalized spacial score (nSPS) is 11.6. The molecule has 0 aliphatic rings. The van der Waals surface area contributed by atoms with Crippen molar-refractivity contribution in [3.63, 3.8) is 0 Å². The summed E-state index contributed by atoms with van der Waals surface area (Å²) in [5, 5.41) is 2.74. The minimum atomic E-state index is -0.355. The second kappa shape index (κ2) is 5.90. The molecule has 0 spiro atoms. The van der Waals surface area contributed by atoms with Crippen molar-refractivity contribution >= 4 is 11.9 Å². The molecule has 16 heavy (non-hydrogen) atoms. The van der Waals surface area contributed by atoms with Gasteiger partial charge in [0.05, 0.1) is 6.04 Å². The van der Waals surface area contributed by atoms with Crippen LogP contribution in [0.25, 0.3) is 0 Å². The molecule has 0 aromatic heterocycles. The smallest absolute Gasteiger partial charge is 0.302 e.